The fraction of sp³-hybridized carbons (Fsp3) is 0.556. The first-order valence-corrected chi connectivity index (χ1v) is 11.3. The minimum Gasteiger partial charge on any atom is -0.355 e. The van der Waals surface area contributed by atoms with Gasteiger partial charge in [0, 0.05) is 18.8 Å². The summed E-state index contributed by atoms with van der Waals surface area (Å²) in [6, 6.07) is 1.72. The number of hydrogen-bond acceptors (Lipinski definition) is 6. The maximum atomic E-state index is 12.4. The van der Waals surface area contributed by atoms with Gasteiger partial charge in [-0.1, -0.05) is 0 Å². The zero-order chi connectivity index (χ0) is 20.3. The van der Waals surface area contributed by atoms with Crippen LogP contribution in [0.5, 0.6) is 0 Å². The molecule has 10 heteroatoms. The van der Waals surface area contributed by atoms with Gasteiger partial charge in [0.25, 0.3) is 5.91 Å². The van der Waals surface area contributed by atoms with Crippen LogP contribution in [-0.4, -0.2) is 59.3 Å². The Kier molecular flexibility index (Phi) is 5.97. The molecular weight excluding hydrogens is 382 g/mol. The van der Waals surface area contributed by atoms with Crippen molar-refractivity contribution >= 4 is 32.7 Å². The molecule has 0 saturated heterocycles. The van der Waals surface area contributed by atoms with Crippen LogP contribution in [0.2, 0.25) is 0 Å². The smallest absolute Gasteiger partial charge is 0.270 e. The third-order valence-electron chi connectivity index (χ3n) is 5.30. The lowest BCUT2D eigenvalue weighted by Crippen LogP contribution is -2.42. The van der Waals surface area contributed by atoms with Gasteiger partial charge >= 0.3 is 0 Å². The van der Waals surface area contributed by atoms with E-state index in [0.29, 0.717) is 17.8 Å². The average molecular weight is 407 g/mol. The van der Waals surface area contributed by atoms with Gasteiger partial charge in [-0.3, -0.25) is 9.59 Å². The molecule has 1 aliphatic rings. The summed E-state index contributed by atoms with van der Waals surface area (Å²) in [6.07, 6.45) is 7.52. The molecule has 0 radical (unpaired) electrons. The van der Waals surface area contributed by atoms with Crippen molar-refractivity contribution in [3.8, 4) is 0 Å². The molecule has 2 aromatic heterocycles. The van der Waals surface area contributed by atoms with Crippen LogP contribution < -0.4 is 10.6 Å². The maximum Gasteiger partial charge on any atom is 0.270 e. The van der Waals surface area contributed by atoms with Crippen LogP contribution in [0, 0.1) is 5.92 Å². The summed E-state index contributed by atoms with van der Waals surface area (Å²) in [4.78, 5) is 35.6. The second kappa shape index (κ2) is 8.26. The molecule has 9 nitrogen and oxygen atoms in total. The molecule has 2 aromatic rings. The van der Waals surface area contributed by atoms with E-state index in [9.17, 15) is 18.0 Å². The topological polar surface area (TPSA) is 134 Å². The van der Waals surface area contributed by atoms with Crippen molar-refractivity contribution in [2.24, 2.45) is 5.92 Å². The predicted molar refractivity (Wildman–Crippen MR) is 104 cm³/mol. The Morgan fingerprint density at radius 2 is 1.96 bits per heavy atom. The molecule has 1 saturated carbocycles. The molecule has 2 heterocycles. The lowest BCUT2D eigenvalue weighted by atomic mass is 9.86. The van der Waals surface area contributed by atoms with Crippen molar-refractivity contribution in [1.29, 1.82) is 0 Å². The first kappa shape index (κ1) is 20.2. The van der Waals surface area contributed by atoms with Gasteiger partial charge in [-0.25, -0.2) is 18.4 Å². The fourth-order valence-electron chi connectivity index (χ4n) is 3.31. The summed E-state index contributed by atoms with van der Waals surface area (Å²) >= 11 is 0. The molecule has 0 aromatic carbocycles. The molecule has 0 spiro atoms. The highest BCUT2D eigenvalue weighted by Crippen LogP contribution is 2.24. The Morgan fingerprint density at radius 1 is 1.25 bits per heavy atom. The third kappa shape index (κ3) is 4.86. The highest BCUT2D eigenvalue weighted by atomic mass is 32.2. The first-order valence-electron chi connectivity index (χ1n) is 9.30. The van der Waals surface area contributed by atoms with Crippen LogP contribution in [0.4, 0.5) is 0 Å². The molecular formula is C18H25N5O4S. The van der Waals surface area contributed by atoms with Crippen LogP contribution in [0.15, 0.2) is 18.6 Å². The van der Waals surface area contributed by atoms with E-state index in [-0.39, 0.29) is 17.9 Å². The molecule has 152 valence electrons. The Labute approximate surface area is 163 Å². The number of H-pyrrole nitrogens is 1. The van der Waals surface area contributed by atoms with Gasteiger partial charge in [-0.05, 0) is 44.6 Å². The fourth-order valence-corrected chi connectivity index (χ4v) is 3.78. The van der Waals surface area contributed by atoms with Crippen molar-refractivity contribution in [3.05, 3.63) is 24.3 Å². The number of nitrogens with zero attached hydrogens (tertiary/aromatic N) is 2. The number of nitrogens with one attached hydrogen (secondary N) is 3. The molecule has 28 heavy (non-hydrogen) atoms. The Morgan fingerprint density at radius 3 is 2.64 bits per heavy atom. The largest absolute Gasteiger partial charge is 0.355 e. The number of carbonyl (C=O) groups is 2. The summed E-state index contributed by atoms with van der Waals surface area (Å²) in [6.45, 7) is 1.85. The molecule has 1 fully saturated rings. The number of sulfone groups is 1. The number of carbonyl (C=O) groups excluding carboxylic acids is 2. The quantitative estimate of drug-likeness (QED) is 0.648. The minimum atomic E-state index is -3.39. The molecule has 0 bridgehead atoms. The van der Waals surface area contributed by atoms with Crippen molar-refractivity contribution in [1.82, 2.24) is 25.6 Å². The number of pyridine rings is 1. The van der Waals surface area contributed by atoms with Gasteiger partial charge in [0.1, 0.15) is 10.9 Å². The molecule has 2 amide bonds. The van der Waals surface area contributed by atoms with E-state index in [1.165, 1.54) is 6.92 Å². The number of imidazole rings is 1. The van der Waals surface area contributed by atoms with Crippen LogP contribution >= 0.6 is 0 Å². The molecule has 3 rings (SSSR count). The lowest BCUT2D eigenvalue weighted by Gasteiger charge is -2.29. The third-order valence-corrected chi connectivity index (χ3v) is 6.80. The van der Waals surface area contributed by atoms with Gasteiger partial charge in [-0.2, -0.15) is 0 Å². The molecule has 1 aliphatic carbocycles. The van der Waals surface area contributed by atoms with Gasteiger partial charge < -0.3 is 15.6 Å². The van der Waals surface area contributed by atoms with Crippen LogP contribution in [0.3, 0.4) is 0 Å². The van der Waals surface area contributed by atoms with Crippen LogP contribution in [0.25, 0.3) is 11.0 Å². The van der Waals surface area contributed by atoms with Crippen LogP contribution in [0.1, 0.15) is 43.1 Å². The highest BCUT2D eigenvalue weighted by molar-refractivity contribution is 7.92. The van der Waals surface area contributed by atoms with Gasteiger partial charge in [0.2, 0.25) is 5.91 Å². The summed E-state index contributed by atoms with van der Waals surface area (Å²) < 4.78 is 22.9. The first-order chi connectivity index (χ1) is 13.2. The van der Waals surface area contributed by atoms with Gasteiger partial charge in [0.05, 0.1) is 23.6 Å². The SMILES string of the molecule is CC(C(=O)NCC1CCC(NC(=O)c2cc3nc[nH]c3cn2)CC1)S(C)(=O)=O. The number of hydrogen-bond donors (Lipinski definition) is 3. The lowest BCUT2D eigenvalue weighted by molar-refractivity contribution is -0.120. The molecule has 0 aliphatic heterocycles. The Balaban J connectivity index is 1.45. The van der Waals surface area contributed by atoms with E-state index in [1.54, 1.807) is 18.6 Å². The summed E-state index contributed by atoms with van der Waals surface area (Å²) in [5.41, 5.74) is 1.82. The maximum absolute atomic E-state index is 12.4. The van der Waals surface area contributed by atoms with E-state index in [2.05, 4.69) is 25.6 Å². The second-order valence-corrected chi connectivity index (χ2v) is 9.76. The van der Waals surface area contributed by atoms with Crippen molar-refractivity contribution < 1.29 is 18.0 Å². The van der Waals surface area contributed by atoms with Gasteiger partial charge in [0.15, 0.2) is 9.84 Å². The van der Waals surface area contributed by atoms with Crippen molar-refractivity contribution in [2.45, 2.75) is 43.9 Å². The Hall–Kier alpha value is -2.49. The van der Waals surface area contributed by atoms with E-state index < -0.39 is 21.0 Å². The zero-order valence-corrected chi connectivity index (χ0v) is 16.8. The number of amides is 2. The zero-order valence-electron chi connectivity index (χ0n) is 15.9. The summed E-state index contributed by atoms with van der Waals surface area (Å²) in [7, 11) is -3.39. The molecule has 1 unspecified atom stereocenters. The van der Waals surface area contributed by atoms with Crippen LogP contribution in [-0.2, 0) is 14.6 Å². The summed E-state index contributed by atoms with van der Waals surface area (Å²) in [5.74, 6) is -0.399. The average Bonchev–Trinajstić information content (AvgIpc) is 3.13. The van der Waals surface area contributed by atoms with E-state index in [1.807, 2.05) is 0 Å². The monoisotopic (exact) mass is 407 g/mol. The second-order valence-electron chi connectivity index (χ2n) is 7.40. The predicted octanol–water partition coefficient (Wildman–Crippen LogP) is 0.796. The highest BCUT2D eigenvalue weighted by Gasteiger charge is 2.26. The normalized spacial score (nSPS) is 21.2. The number of rotatable bonds is 6. The summed E-state index contributed by atoms with van der Waals surface area (Å²) in [5, 5.41) is 4.70. The number of fused-ring (bicyclic) bond motifs is 1. The van der Waals surface area contributed by atoms with Crippen molar-refractivity contribution in [2.75, 3.05) is 12.8 Å². The Bertz CT molecular complexity index is 963. The standard InChI is InChI=1S/C18H25N5O4S/c1-11(28(2,26)27)17(24)20-8-12-3-5-13(6-4-12)23-18(25)15-7-14-16(9-19-15)22-10-21-14/h7,9-13H,3-6,8H2,1-2H3,(H,20,24)(H,21,22)(H,23,25). The number of aromatic nitrogens is 3. The minimum absolute atomic E-state index is 0.0612. The van der Waals surface area contributed by atoms with Crippen molar-refractivity contribution in [3.63, 3.8) is 0 Å². The van der Waals surface area contributed by atoms with E-state index >= 15 is 0 Å². The van der Waals surface area contributed by atoms with Gasteiger partial charge in [-0.15, -0.1) is 0 Å². The van der Waals surface area contributed by atoms with E-state index in [4.69, 9.17) is 0 Å². The number of aromatic amines is 1. The molecule has 3 N–H and O–H groups in total. The molecule has 1 atom stereocenters. The van der Waals surface area contributed by atoms with E-state index in [0.717, 1.165) is 37.5 Å².